The van der Waals surface area contributed by atoms with Crippen LogP contribution in [0.4, 0.5) is 11.5 Å². The van der Waals surface area contributed by atoms with Gasteiger partial charge >= 0.3 is 0 Å². The van der Waals surface area contributed by atoms with Crippen molar-refractivity contribution in [3.63, 3.8) is 0 Å². The maximum absolute atomic E-state index is 6.18. The maximum Gasteiger partial charge on any atom is 0.152 e. The summed E-state index contributed by atoms with van der Waals surface area (Å²) >= 11 is 0. The molecule has 3 nitrogen and oxygen atoms in total. The van der Waals surface area contributed by atoms with E-state index in [-0.39, 0.29) is 0 Å². The standard InChI is InChI=1S/C16H25N3/c1-13-5-10-18-15(14(13)17)19-11-8-16(9-12-19)6-3-2-4-7-16/h5,10H,2-4,6-9,11-12,17H2,1H3. The Hall–Kier alpha value is -1.25. The predicted molar refractivity (Wildman–Crippen MR) is 80.4 cm³/mol. The highest BCUT2D eigenvalue weighted by molar-refractivity contribution is 5.66. The van der Waals surface area contributed by atoms with E-state index in [1.54, 1.807) is 0 Å². The normalized spacial score (nSPS) is 22.7. The molecule has 0 radical (unpaired) electrons. The van der Waals surface area contributed by atoms with Crippen molar-refractivity contribution in [3.8, 4) is 0 Å². The number of nitrogens with two attached hydrogens (primary N) is 1. The molecule has 0 amide bonds. The summed E-state index contributed by atoms with van der Waals surface area (Å²) in [7, 11) is 0. The van der Waals surface area contributed by atoms with Gasteiger partial charge < -0.3 is 10.6 Å². The van der Waals surface area contributed by atoms with Gasteiger partial charge in [-0.3, -0.25) is 0 Å². The number of piperidine rings is 1. The van der Waals surface area contributed by atoms with Gasteiger partial charge in [0, 0.05) is 19.3 Å². The second kappa shape index (κ2) is 5.03. The van der Waals surface area contributed by atoms with Gasteiger partial charge in [0.25, 0.3) is 0 Å². The molecule has 2 aliphatic rings. The number of aromatic nitrogens is 1. The van der Waals surface area contributed by atoms with E-state index in [0.717, 1.165) is 30.2 Å². The summed E-state index contributed by atoms with van der Waals surface area (Å²) in [5.74, 6) is 1.01. The third-order valence-electron chi connectivity index (χ3n) is 5.22. The molecule has 19 heavy (non-hydrogen) atoms. The number of nitrogens with zero attached hydrogens (tertiary/aromatic N) is 2. The van der Waals surface area contributed by atoms with Crippen LogP contribution >= 0.6 is 0 Å². The first-order valence-electron chi connectivity index (χ1n) is 7.66. The number of rotatable bonds is 1. The lowest BCUT2D eigenvalue weighted by molar-refractivity contribution is 0.144. The van der Waals surface area contributed by atoms with Gasteiger partial charge in [0.15, 0.2) is 5.82 Å². The molecule has 2 N–H and O–H groups in total. The molecule has 3 rings (SSSR count). The van der Waals surface area contributed by atoms with Gasteiger partial charge in [0.05, 0.1) is 5.69 Å². The van der Waals surface area contributed by atoms with Crippen LogP contribution in [0.1, 0.15) is 50.5 Å². The zero-order valence-electron chi connectivity index (χ0n) is 12.0. The summed E-state index contributed by atoms with van der Waals surface area (Å²) in [5, 5.41) is 0. The highest BCUT2D eigenvalue weighted by Gasteiger charge is 2.36. The lowest BCUT2D eigenvalue weighted by atomic mass is 9.68. The number of pyridine rings is 1. The van der Waals surface area contributed by atoms with Crippen LogP contribution in [-0.4, -0.2) is 18.1 Å². The van der Waals surface area contributed by atoms with Crippen molar-refractivity contribution in [2.45, 2.75) is 51.9 Å². The van der Waals surface area contributed by atoms with Gasteiger partial charge in [-0.05, 0) is 49.7 Å². The van der Waals surface area contributed by atoms with Gasteiger partial charge in [0.1, 0.15) is 0 Å². The SMILES string of the molecule is Cc1ccnc(N2CCC3(CCCCC3)CC2)c1N. The van der Waals surface area contributed by atoms with Crippen LogP contribution in [0.25, 0.3) is 0 Å². The van der Waals surface area contributed by atoms with Crippen molar-refractivity contribution in [2.24, 2.45) is 5.41 Å². The van der Waals surface area contributed by atoms with Crippen LogP contribution in [-0.2, 0) is 0 Å². The Morgan fingerprint density at radius 1 is 1.11 bits per heavy atom. The predicted octanol–water partition coefficient (Wildman–Crippen LogP) is 3.52. The molecule has 2 heterocycles. The first-order valence-corrected chi connectivity index (χ1v) is 7.66. The number of nitrogen functional groups attached to an aromatic ring is 1. The fraction of sp³-hybridized carbons (Fsp3) is 0.688. The lowest BCUT2D eigenvalue weighted by Crippen LogP contribution is -2.41. The van der Waals surface area contributed by atoms with Crippen molar-refractivity contribution in [1.82, 2.24) is 4.98 Å². The third-order valence-corrected chi connectivity index (χ3v) is 5.22. The van der Waals surface area contributed by atoms with Crippen LogP contribution in [0.2, 0.25) is 0 Å². The average Bonchev–Trinajstić information content (AvgIpc) is 2.44. The Kier molecular flexibility index (Phi) is 3.38. The van der Waals surface area contributed by atoms with E-state index in [1.807, 2.05) is 12.3 Å². The van der Waals surface area contributed by atoms with Crippen molar-refractivity contribution in [2.75, 3.05) is 23.7 Å². The maximum atomic E-state index is 6.18. The zero-order valence-corrected chi connectivity index (χ0v) is 12.0. The van der Waals surface area contributed by atoms with Crippen molar-refractivity contribution in [3.05, 3.63) is 17.8 Å². The van der Waals surface area contributed by atoms with E-state index in [4.69, 9.17) is 5.73 Å². The molecule has 1 aromatic rings. The van der Waals surface area contributed by atoms with Gasteiger partial charge in [-0.2, -0.15) is 0 Å². The monoisotopic (exact) mass is 259 g/mol. The Morgan fingerprint density at radius 2 is 1.79 bits per heavy atom. The highest BCUT2D eigenvalue weighted by atomic mass is 15.2. The number of hydrogen-bond acceptors (Lipinski definition) is 3. The van der Waals surface area contributed by atoms with E-state index in [0.29, 0.717) is 5.41 Å². The molecule has 1 saturated heterocycles. The molecule has 0 bridgehead atoms. The summed E-state index contributed by atoms with van der Waals surface area (Å²) in [6.45, 7) is 4.31. The molecule has 1 aliphatic heterocycles. The van der Waals surface area contributed by atoms with Crippen LogP contribution in [0.3, 0.4) is 0 Å². The summed E-state index contributed by atoms with van der Waals surface area (Å²) in [4.78, 5) is 6.89. The Bertz CT molecular complexity index is 439. The minimum Gasteiger partial charge on any atom is -0.396 e. The Balaban J connectivity index is 1.71. The van der Waals surface area contributed by atoms with Gasteiger partial charge in [0.2, 0.25) is 0 Å². The lowest BCUT2D eigenvalue weighted by Gasteiger charge is -2.44. The average molecular weight is 259 g/mol. The molecule has 0 atom stereocenters. The van der Waals surface area contributed by atoms with Gasteiger partial charge in [-0.25, -0.2) is 4.98 Å². The fourth-order valence-corrected chi connectivity index (χ4v) is 3.80. The fourth-order valence-electron chi connectivity index (χ4n) is 3.80. The topological polar surface area (TPSA) is 42.2 Å². The minimum atomic E-state index is 0.646. The molecule has 2 fully saturated rings. The number of aryl methyl sites for hydroxylation is 1. The Morgan fingerprint density at radius 3 is 2.47 bits per heavy atom. The van der Waals surface area contributed by atoms with E-state index < -0.39 is 0 Å². The van der Waals surface area contributed by atoms with Crippen LogP contribution in [0.5, 0.6) is 0 Å². The van der Waals surface area contributed by atoms with Gasteiger partial charge in [-0.15, -0.1) is 0 Å². The summed E-state index contributed by atoms with van der Waals surface area (Å²) in [6.07, 6.45) is 11.7. The van der Waals surface area contributed by atoms with E-state index in [1.165, 1.54) is 44.9 Å². The molecular weight excluding hydrogens is 234 g/mol. The number of anilines is 2. The van der Waals surface area contributed by atoms with Crippen LogP contribution in [0.15, 0.2) is 12.3 Å². The molecule has 0 aromatic carbocycles. The molecule has 0 unspecified atom stereocenters. The summed E-state index contributed by atoms with van der Waals surface area (Å²) in [6, 6.07) is 1.99. The molecule has 1 saturated carbocycles. The molecule has 104 valence electrons. The molecule has 3 heteroatoms. The van der Waals surface area contributed by atoms with E-state index in [9.17, 15) is 0 Å². The first kappa shape index (κ1) is 12.8. The summed E-state index contributed by atoms with van der Waals surface area (Å²) < 4.78 is 0. The van der Waals surface area contributed by atoms with E-state index in [2.05, 4.69) is 16.8 Å². The van der Waals surface area contributed by atoms with Crippen molar-refractivity contribution in [1.29, 1.82) is 0 Å². The van der Waals surface area contributed by atoms with Crippen LogP contribution < -0.4 is 10.6 Å². The first-order chi connectivity index (χ1) is 9.20. The van der Waals surface area contributed by atoms with Crippen molar-refractivity contribution < 1.29 is 0 Å². The van der Waals surface area contributed by atoms with Crippen LogP contribution in [0, 0.1) is 12.3 Å². The second-order valence-electron chi connectivity index (χ2n) is 6.41. The molecule has 1 aromatic heterocycles. The smallest absolute Gasteiger partial charge is 0.152 e. The zero-order chi connectivity index (χ0) is 13.3. The van der Waals surface area contributed by atoms with Gasteiger partial charge in [-0.1, -0.05) is 19.3 Å². The van der Waals surface area contributed by atoms with Crippen molar-refractivity contribution >= 4 is 11.5 Å². The highest BCUT2D eigenvalue weighted by Crippen LogP contribution is 2.45. The summed E-state index contributed by atoms with van der Waals surface area (Å²) in [5.41, 5.74) is 8.83. The molecule has 1 spiro atoms. The largest absolute Gasteiger partial charge is 0.396 e. The third kappa shape index (κ3) is 2.43. The Labute approximate surface area is 116 Å². The minimum absolute atomic E-state index is 0.646. The molecular formula is C16H25N3. The second-order valence-corrected chi connectivity index (χ2v) is 6.41. The quantitative estimate of drug-likeness (QED) is 0.839. The van der Waals surface area contributed by atoms with E-state index >= 15 is 0 Å². The number of hydrogen-bond donors (Lipinski definition) is 1. The molecule has 1 aliphatic carbocycles.